The molecule has 21 heavy (non-hydrogen) atoms. The Kier molecular flexibility index (Phi) is 5.63. The van der Waals surface area contributed by atoms with Crippen molar-refractivity contribution >= 4 is 5.91 Å². The van der Waals surface area contributed by atoms with Crippen LogP contribution in [-0.4, -0.2) is 55.3 Å². The molecular weight excluding hydrogens is 291 g/mol. The maximum absolute atomic E-state index is 13.0. The van der Waals surface area contributed by atoms with Gasteiger partial charge in [0.1, 0.15) is 5.60 Å². The number of nitrogens with one attached hydrogen (secondary N) is 1. The topological polar surface area (TPSA) is 67.8 Å². The van der Waals surface area contributed by atoms with Crippen molar-refractivity contribution in [3.8, 4) is 0 Å². The Morgan fingerprint density at radius 3 is 2.48 bits per heavy atom. The number of hydrogen-bond acceptors (Lipinski definition) is 4. The van der Waals surface area contributed by atoms with Gasteiger partial charge < -0.3 is 19.9 Å². The zero-order valence-electron chi connectivity index (χ0n) is 12.4. The van der Waals surface area contributed by atoms with Crippen LogP contribution >= 0.6 is 0 Å². The molecule has 0 radical (unpaired) electrons. The molecule has 0 aromatic rings. The molecule has 1 rings (SSSR count). The summed E-state index contributed by atoms with van der Waals surface area (Å²) in [4.78, 5) is 11.9. The average Bonchev–Trinajstić information content (AvgIpc) is 2.43. The molecule has 1 aliphatic heterocycles. The minimum absolute atomic E-state index is 0.145. The van der Waals surface area contributed by atoms with Gasteiger partial charge in [-0.15, -0.1) is 0 Å². The third-order valence-electron chi connectivity index (χ3n) is 3.90. The Morgan fingerprint density at radius 2 is 2.10 bits per heavy atom. The summed E-state index contributed by atoms with van der Waals surface area (Å²) >= 11 is 0. The van der Waals surface area contributed by atoms with Crippen molar-refractivity contribution in [2.24, 2.45) is 5.92 Å². The molecule has 8 heteroatoms. The van der Waals surface area contributed by atoms with E-state index < -0.39 is 29.2 Å². The highest BCUT2D eigenvalue weighted by atomic mass is 19.4. The summed E-state index contributed by atoms with van der Waals surface area (Å²) < 4.78 is 49.5. The first-order valence-electron chi connectivity index (χ1n) is 6.79. The molecule has 0 aromatic carbocycles. The molecule has 2 N–H and O–H groups in total. The molecule has 1 heterocycles. The Balaban J connectivity index is 2.79. The summed E-state index contributed by atoms with van der Waals surface area (Å²) in [6.07, 6.45) is -3.79. The minimum atomic E-state index is -5.05. The summed E-state index contributed by atoms with van der Waals surface area (Å²) in [5, 5.41) is 11.9. The molecular formula is C13H22F3NO4. The fourth-order valence-corrected chi connectivity index (χ4v) is 2.29. The van der Waals surface area contributed by atoms with Gasteiger partial charge in [-0.05, 0) is 12.8 Å². The molecule has 1 aliphatic rings. The minimum Gasteiger partial charge on any atom is -0.378 e. The lowest BCUT2D eigenvalue weighted by molar-refractivity contribution is -0.265. The molecule has 1 fully saturated rings. The molecule has 5 nitrogen and oxygen atoms in total. The van der Waals surface area contributed by atoms with E-state index in [1.54, 1.807) is 0 Å². The molecule has 0 aromatic heterocycles. The van der Waals surface area contributed by atoms with E-state index in [1.807, 2.05) is 0 Å². The number of alkyl halides is 3. The van der Waals surface area contributed by atoms with Crippen LogP contribution in [-0.2, 0) is 14.3 Å². The molecule has 0 spiro atoms. The van der Waals surface area contributed by atoms with Crippen LogP contribution in [0.4, 0.5) is 13.2 Å². The van der Waals surface area contributed by atoms with Crippen LogP contribution in [0.25, 0.3) is 0 Å². The van der Waals surface area contributed by atoms with Crippen molar-refractivity contribution in [1.82, 2.24) is 5.32 Å². The number of rotatable bonds is 5. The van der Waals surface area contributed by atoms with Gasteiger partial charge in [-0.25, -0.2) is 0 Å². The first-order valence-corrected chi connectivity index (χ1v) is 6.79. The van der Waals surface area contributed by atoms with Crippen molar-refractivity contribution in [3.63, 3.8) is 0 Å². The first-order chi connectivity index (χ1) is 9.59. The molecule has 1 amide bonds. The number of hydrogen-bond donors (Lipinski definition) is 2. The van der Waals surface area contributed by atoms with Crippen molar-refractivity contribution < 1.29 is 32.5 Å². The monoisotopic (exact) mass is 313 g/mol. The number of methoxy groups -OCH3 is 1. The smallest absolute Gasteiger partial charge is 0.378 e. The van der Waals surface area contributed by atoms with Gasteiger partial charge in [-0.3, -0.25) is 4.79 Å². The van der Waals surface area contributed by atoms with E-state index in [1.165, 1.54) is 7.11 Å². The second-order valence-electron chi connectivity index (χ2n) is 5.64. The lowest BCUT2D eigenvalue weighted by atomic mass is 9.88. The normalized spacial score (nSPS) is 26.5. The van der Waals surface area contributed by atoms with Gasteiger partial charge in [0, 0.05) is 26.2 Å². The lowest BCUT2D eigenvalue weighted by Gasteiger charge is -2.38. The average molecular weight is 313 g/mol. The fourth-order valence-electron chi connectivity index (χ4n) is 2.29. The van der Waals surface area contributed by atoms with E-state index in [0.29, 0.717) is 19.4 Å². The first kappa shape index (κ1) is 18.2. The summed E-state index contributed by atoms with van der Waals surface area (Å²) in [5.41, 5.74) is -4.27. The summed E-state index contributed by atoms with van der Waals surface area (Å²) in [6.45, 7) is 2.88. The number of amides is 1. The van der Waals surface area contributed by atoms with Crippen molar-refractivity contribution in [3.05, 3.63) is 0 Å². The van der Waals surface area contributed by atoms with E-state index >= 15 is 0 Å². The molecule has 0 aliphatic carbocycles. The van der Waals surface area contributed by atoms with Gasteiger partial charge in [0.2, 0.25) is 5.60 Å². The highest BCUT2D eigenvalue weighted by Crippen LogP contribution is 2.36. The molecule has 124 valence electrons. The predicted octanol–water partition coefficient (Wildman–Crippen LogP) is 1.25. The van der Waals surface area contributed by atoms with E-state index in [9.17, 15) is 23.1 Å². The zero-order valence-corrected chi connectivity index (χ0v) is 12.4. The standard InChI is InChI=1S/C13H22F3NO4/c1-9(2)12(19,13(14,15)16)10(18)17-7-11(20-3)5-4-6-21-8-11/h9,19H,4-8H2,1-3H3,(H,17,18). The van der Waals surface area contributed by atoms with Crippen LogP contribution in [0.3, 0.4) is 0 Å². The lowest BCUT2D eigenvalue weighted by Crippen LogP contribution is -2.62. The van der Waals surface area contributed by atoms with E-state index in [0.717, 1.165) is 13.8 Å². The highest BCUT2D eigenvalue weighted by molar-refractivity contribution is 5.86. The van der Waals surface area contributed by atoms with Crippen LogP contribution in [0.15, 0.2) is 0 Å². The van der Waals surface area contributed by atoms with Crippen LogP contribution in [0.5, 0.6) is 0 Å². The number of carbonyl (C=O) groups excluding carboxylic acids is 1. The number of ether oxygens (including phenoxy) is 2. The summed E-state index contributed by atoms with van der Waals surface area (Å²) in [6, 6.07) is 0. The maximum Gasteiger partial charge on any atom is 0.426 e. The quantitative estimate of drug-likeness (QED) is 0.801. The Morgan fingerprint density at radius 1 is 1.48 bits per heavy atom. The Hall–Kier alpha value is -0.860. The van der Waals surface area contributed by atoms with Crippen LogP contribution in [0.1, 0.15) is 26.7 Å². The number of halogens is 3. The highest BCUT2D eigenvalue weighted by Gasteiger charge is 2.61. The van der Waals surface area contributed by atoms with Gasteiger partial charge in [0.25, 0.3) is 5.91 Å². The second-order valence-corrected chi connectivity index (χ2v) is 5.64. The van der Waals surface area contributed by atoms with E-state index in [-0.39, 0.29) is 13.2 Å². The molecule has 2 atom stereocenters. The fraction of sp³-hybridized carbons (Fsp3) is 0.923. The van der Waals surface area contributed by atoms with Crippen LogP contribution in [0.2, 0.25) is 0 Å². The molecule has 0 saturated carbocycles. The van der Waals surface area contributed by atoms with E-state index in [2.05, 4.69) is 5.32 Å². The number of carbonyl (C=O) groups is 1. The number of aliphatic hydroxyl groups is 1. The van der Waals surface area contributed by atoms with E-state index in [4.69, 9.17) is 9.47 Å². The SMILES string of the molecule is COC1(CNC(=O)C(O)(C(C)C)C(F)(F)F)CCCOC1. The third-order valence-corrected chi connectivity index (χ3v) is 3.90. The molecule has 2 unspecified atom stereocenters. The Labute approximate surface area is 121 Å². The van der Waals surface area contributed by atoms with Gasteiger partial charge in [-0.1, -0.05) is 13.8 Å². The van der Waals surface area contributed by atoms with Gasteiger partial charge >= 0.3 is 6.18 Å². The zero-order chi connectivity index (χ0) is 16.3. The van der Waals surface area contributed by atoms with Gasteiger partial charge in [-0.2, -0.15) is 13.2 Å². The second kappa shape index (κ2) is 6.50. The van der Waals surface area contributed by atoms with Crippen LogP contribution in [0, 0.1) is 5.92 Å². The van der Waals surface area contributed by atoms with Crippen LogP contribution < -0.4 is 5.32 Å². The summed E-state index contributed by atoms with van der Waals surface area (Å²) in [7, 11) is 1.42. The Bertz CT molecular complexity index is 367. The predicted molar refractivity (Wildman–Crippen MR) is 68.6 cm³/mol. The summed E-state index contributed by atoms with van der Waals surface area (Å²) in [5.74, 6) is -2.77. The van der Waals surface area contributed by atoms with Crippen molar-refractivity contribution in [2.75, 3.05) is 26.9 Å². The van der Waals surface area contributed by atoms with Gasteiger partial charge in [0.05, 0.1) is 6.61 Å². The molecule has 0 bridgehead atoms. The molecule has 1 saturated heterocycles. The van der Waals surface area contributed by atoms with Crippen molar-refractivity contribution in [2.45, 2.75) is 44.1 Å². The third kappa shape index (κ3) is 3.67. The maximum atomic E-state index is 13.0. The van der Waals surface area contributed by atoms with Gasteiger partial charge in [0.15, 0.2) is 0 Å². The van der Waals surface area contributed by atoms with Crippen molar-refractivity contribution in [1.29, 1.82) is 0 Å². The largest absolute Gasteiger partial charge is 0.426 e.